The number of ketones is 1. The van der Waals surface area contributed by atoms with Crippen molar-refractivity contribution in [3.05, 3.63) is 15.9 Å². The van der Waals surface area contributed by atoms with Gasteiger partial charge in [-0.1, -0.05) is 13.8 Å². The zero-order valence-corrected chi connectivity index (χ0v) is 13.4. The van der Waals surface area contributed by atoms with Gasteiger partial charge >= 0.3 is 0 Å². The molecule has 1 aromatic heterocycles. The first-order chi connectivity index (χ1) is 9.08. The molecule has 2 rings (SSSR count). The number of carbonyl (C=O) groups excluding carboxylic acids is 1. The van der Waals surface area contributed by atoms with Crippen molar-refractivity contribution in [2.24, 2.45) is 5.92 Å². The van der Waals surface area contributed by atoms with E-state index in [1.165, 1.54) is 0 Å². The highest BCUT2D eigenvalue weighted by molar-refractivity contribution is 9.10. The average molecular weight is 329 g/mol. The van der Waals surface area contributed by atoms with Crippen molar-refractivity contribution >= 4 is 21.7 Å². The number of rotatable bonds is 5. The van der Waals surface area contributed by atoms with E-state index in [1.807, 2.05) is 11.6 Å². The van der Waals surface area contributed by atoms with E-state index in [1.54, 1.807) is 0 Å². The smallest absolute Gasteiger partial charge is 0.167 e. The zero-order valence-electron chi connectivity index (χ0n) is 11.8. The summed E-state index contributed by atoms with van der Waals surface area (Å²) in [5, 5.41) is 4.52. The summed E-state index contributed by atoms with van der Waals surface area (Å²) in [7, 11) is 0. The fourth-order valence-corrected chi connectivity index (χ4v) is 3.26. The Balaban J connectivity index is 2.18. The van der Waals surface area contributed by atoms with Gasteiger partial charge in [-0.3, -0.25) is 9.48 Å². The van der Waals surface area contributed by atoms with Crippen LogP contribution in [0.3, 0.4) is 0 Å². The van der Waals surface area contributed by atoms with E-state index < -0.39 is 0 Å². The van der Waals surface area contributed by atoms with E-state index in [9.17, 15) is 4.79 Å². The van der Waals surface area contributed by atoms with Crippen molar-refractivity contribution in [1.82, 2.24) is 9.78 Å². The summed E-state index contributed by atoms with van der Waals surface area (Å²) in [5.41, 5.74) is 2.00. The molecule has 1 aromatic rings. The van der Waals surface area contributed by atoms with Gasteiger partial charge in [0, 0.05) is 13.2 Å². The third kappa shape index (κ3) is 2.92. The fourth-order valence-electron chi connectivity index (χ4n) is 2.56. The third-order valence-electron chi connectivity index (χ3n) is 3.74. The van der Waals surface area contributed by atoms with Crippen LogP contribution in [0.25, 0.3) is 0 Å². The minimum Gasteiger partial charge on any atom is -0.370 e. The van der Waals surface area contributed by atoms with Gasteiger partial charge in [0.05, 0.1) is 22.3 Å². The summed E-state index contributed by atoms with van der Waals surface area (Å²) in [6, 6.07) is 0. The van der Waals surface area contributed by atoms with E-state index in [4.69, 9.17) is 4.74 Å². The normalized spacial score (nSPS) is 22.9. The molecule has 1 saturated heterocycles. The molecule has 0 N–H and O–H groups in total. The number of ether oxygens (including phenoxy) is 1. The van der Waals surface area contributed by atoms with Crippen molar-refractivity contribution in [3.63, 3.8) is 0 Å². The fraction of sp³-hybridized carbons (Fsp3) is 0.714. The van der Waals surface area contributed by atoms with Gasteiger partial charge < -0.3 is 4.74 Å². The molecule has 0 radical (unpaired) electrons. The SMILES string of the molecule is CCc1nn(CC)c(CC(=O)C2OCCC2C)c1Br. The average Bonchev–Trinajstić information content (AvgIpc) is 2.95. The zero-order chi connectivity index (χ0) is 14.0. The van der Waals surface area contributed by atoms with Gasteiger partial charge in [-0.15, -0.1) is 0 Å². The second-order valence-electron chi connectivity index (χ2n) is 5.08. The van der Waals surface area contributed by atoms with E-state index in [0.29, 0.717) is 18.9 Å². The van der Waals surface area contributed by atoms with Crippen LogP contribution in [0, 0.1) is 5.92 Å². The monoisotopic (exact) mass is 328 g/mol. The van der Waals surface area contributed by atoms with Crippen molar-refractivity contribution in [1.29, 1.82) is 0 Å². The quantitative estimate of drug-likeness (QED) is 0.834. The number of nitrogens with zero attached hydrogens (tertiary/aromatic N) is 2. The first kappa shape index (κ1) is 14.7. The number of aromatic nitrogens is 2. The van der Waals surface area contributed by atoms with Gasteiger partial charge in [-0.2, -0.15) is 5.10 Å². The van der Waals surface area contributed by atoms with Crippen LogP contribution < -0.4 is 0 Å². The van der Waals surface area contributed by atoms with Crippen LogP contribution in [0.15, 0.2) is 4.47 Å². The minimum atomic E-state index is -0.239. The second-order valence-corrected chi connectivity index (χ2v) is 5.87. The topological polar surface area (TPSA) is 44.1 Å². The first-order valence-corrected chi connectivity index (χ1v) is 7.76. The molecule has 106 valence electrons. The molecule has 0 saturated carbocycles. The molecule has 1 fully saturated rings. The number of hydrogen-bond donors (Lipinski definition) is 0. The van der Waals surface area contributed by atoms with Gasteiger partial charge in [0.2, 0.25) is 0 Å². The number of aryl methyl sites for hydroxylation is 2. The Hall–Kier alpha value is -0.680. The van der Waals surface area contributed by atoms with Crippen LogP contribution in [0.1, 0.15) is 38.6 Å². The molecule has 0 spiro atoms. The van der Waals surface area contributed by atoms with E-state index in [0.717, 1.165) is 35.2 Å². The summed E-state index contributed by atoms with van der Waals surface area (Å²) < 4.78 is 8.45. The summed E-state index contributed by atoms with van der Waals surface area (Å²) in [5.74, 6) is 0.498. The Labute approximate surface area is 122 Å². The number of carbonyl (C=O) groups is 1. The van der Waals surface area contributed by atoms with Crippen molar-refractivity contribution < 1.29 is 9.53 Å². The van der Waals surface area contributed by atoms with Gasteiger partial charge in [0.25, 0.3) is 0 Å². The van der Waals surface area contributed by atoms with Crippen molar-refractivity contribution in [2.45, 2.75) is 52.7 Å². The van der Waals surface area contributed by atoms with Crippen LogP contribution in [0.4, 0.5) is 0 Å². The summed E-state index contributed by atoms with van der Waals surface area (Å²) in [6.45, 7) is 7.68. The maximum absolute atomic E-state index is 12.4. The predicted molar refractivity (Wildman–Crippen MR) is 77.2 cm³/mol. The molecule has 0 bridgehead atoms. The molecule has 4 nitrogen and oxygen atoms in total. The molecule has 0 aliphatic carbocycles. The van der Waals surface area contributed by atoms with Crippen LogP contribution in [-0.4, -0.2) is 28.3 Å². The minimum absolute atomic E-state index is 0.169. The van der Waals surface area contributed by atoms with Crippen molar-refractivity contribution in [3.8, 4) is 0 Å². The molecular weight excluding hydrogens is 308 g/mol. The number of halogens is 1. The van der Waals surface area contributed by atoms with Crippen LogP contribution >= 0.6 is 15.9 Å². The number of hydrogen-bond acceptors (Lipinski definition) is 3. The number of Topliss-reactive ketones (excluding diaryl/α,β-unsaturated/α-hetero) is 1. The molecule has 19 heavy (non-hydrogen) atoms. The van der Waals surface area contributed by atoms with Gasteiger partial charge in [0.1, 0.15) is 6.10 Å². The van der Waals surface area contributed by atoms with Gasteiger partial charge in [-0.05, 0) is 41.6 Å². The molecule has 0 aromatic carbocycles. The lowest BCUT2D eigenvalue weighted by Crippen LogP contribution is -2.27. The molecule has 5 heteroatoms. The summed E-state index contributed by atoms with van der Waals surface area (Å²) in [6.07, 6.45) is 2.00. The molecule has 2 heterocycles. The maximum Gasteiger partial charge on any atom is 0.167 e. The molecule has 2 atom stereocenters. The highest BCUT2D eigenvalue weighted by Crippen LogP contribution is 2.26. The van der Waals surface area contributed by atoms with E-state index in [-0.39, 0.29) is 11.9 Å². The van der Waals surface area contributed by atoms with Crippen LogP contribution in [0.2, 0.25) is 0 Å². The first-order valence-electron chi connectivity index (χ1n) is 6.96. The van der Waals surface area contributed by atoms with Gasteiger partial charge in [-0.25, -0.2) is 0 Å². The second kappa shape index (κ2) is 6.18. The molecule has 2 unspecified atom stereocenters. The third-order valence-corrected chi connectivity index (χ3v) is 4.66. The lowest BCUT2D eigenvalue weighted by molar-refractivity contribution is -0.128. The van der Waals surface area contributed by atoms with Crippen molar-refractivity contribution in [2.75, 3.05) is 6.61 Å². The molecular formula is C14H21BrN2O2. The predicted octanol–water partition coefficient (Wildman–Crippen LogP) is 2.76. The highest BCUT2D eigenvalue weighted by atomic mass is 79.9. The van der Waals surface area contributed by atoms with E-state index >= 15 is 0 Å². The summed E-state index contributed by atoms with van der Waals surface area (Å²) in [4.78, 5) is 12.4. The Bertz CT molecular complexity index is 470. The lowest BCUT2D eigenvalue weighted by atomic mass is 9.98. The molecule has 1 aliphatic rings. The van der Waals surface area contributed by atoms with Crippen LogP contribution in [-0.2, 0) is 28.9 Å². The Morgan fingerprint density at radius 3 is 2.79 bits per heavy atom. The largest absolute Gasteiger partial charge is 0.370 e. The van der Waals surface area contributed by atoms with E-state index in [2.05, 4.69) is 34.9 Å². The highest BCUT2D eigenvalue weighted by Gasteiger charge is 2.31. The Morgan fingerprint density at radius 1 is 1.53 bits per heavy atom. The Kier molecular flexibility index (Phi) is 4.79. The van der Waals surface area contributed by atoms with Gasteiger partial charge in [0.15, 0.2) is 5.78 Å². The standard InChI is InChI=1S/C14H21BrN2O2/c1-4-10-13(15)11(17(5-2)16-10)8-12(18)14-9(3)6-7-19-14/h9,14H,4-8H2,1-3H3. The van der Waals surface area contributed by atoms with Crippen LogP contribution in [0.5, 0.6) is 0 Å². The molecule has 1 aliphatic heterocycles. The Morgan fingerprint density at radius 2 is 2.26 bits per heavy atom. The molecule has 0 amide bonds. The lowest BCUT2D eigenvalue weighted by Gasteiger charge is -2.13. The summed E-state index contributed by atoms with van der Waals surface area (Å²) >= 11 is 3.58. The maximum atomic E-state index is 12.4.